The number of nitrogens with one attached hydrogen (secondary N) is 1. The average Bonchev–Trinajstić information content (AvgIpc) is 2.75. The predicted octanol–water partition coefficient (Wildman–Crippen LogP) is 3.50. The summed E-state index contributed by atoms with van der Waals surface area (Å²) < 4.78 is 0. The summed E-state index contributed by atoms with van der Waals surface area (Å²) in [6.45, 7) is 5.75. The SMILES string of the molecule is CCc1ccc(Nc2ccnc(N3CCN(c4ccccn4)CC3)n2)cc1. The molecule has 1 fully saturated rings. The molecule has 3 aromatic rings. The number of pyridine rings is 1. The van der Waals surface area contributed by atoms with E-state index >= 15 is 0 Å². The molecule has 0 unspecified atom stereocenters. The van der Waals surface area contributed by atoms with Gasteiger partial charge in [-0.3, -0.25) is 0 Å². The van der Waals surface area contributed by atoms with Crippen molar-refractivity contribution < 1.29 is 0 Å². The molecule has 0 radical (unpaired) electrons. The first-order valence-electron chi connectivity index (χ1n) is 9.42. The second-order valence-electron chi connectivity index (χ2n) is 6.58. The average molecular weight is 360 g/mol. The lowest BCUT2D eigenvalue weighted by Gasteiger charge is -2.35. The maximum Gasteiger partial charge on any atom is 0.227 e. The third kappa shape index (κ3) is 4.16. The van der Waals surface area contributed by atoms with Crippen LogP contribution in [0.5, 0.6) is 0 Å². The number of piperazine rings is 1. The molecule has 1 aromatic carbocycles. The van der Waals surface area contributed by atoms with Crippen LogP contribution in [0.4, 0.5) is 23.3 Å². The van der Waals surface area contributed by atoms with Gasteiger partial charge >= 0.3 is 0 Å². The zero-order chi connectivity index (χ0) is 18.5. The van der Waals surface area contributed by atoms with Gasteiger partial charge in [-0.2, -0.15) is 4.98 Å². The summed E-state index contributed by atoms with van der Waals surface area (Å²) in [6, 6.07) is 16.4. The van der Waals surface area contributed by atoms with Crippen LogP contribution < -0.4 is 15.1 Å². The van der Waals surface area contributed by atoms with E-state index in [1.807, 2.05) is 30.6 Å². The molecule has 0 bridgehead atoms. The Morgan fingerprint density at radius 2 is 1.63 bits per heavy atom. The summed E-state index contributed by atoms with van der Waals surface area (Å²) in [6.07, 6.45) is 4.70. The first kappa shape index (κ1) is 17.3. The third-order valence-electron chi connectivity index (χ3n) is 4.81. The zero-order valence-electron chi connectivity index (χ0n) is 15.5. The number of anilines is 4. The van der Waals surface area contributed by atoms with E-state index in [0.29, 0.717) is 0 Å². The molecular weight excluding hydrogens is 336 g/mol. The summed E-state index contributed by atoms with van der Waals surface area (Å²) >= 11 is 0. The highest BCUT2D eigenvalue weighted by molar-refractivity contribution is 5.57. The Bertz CT molecular complexity index is 857. The second kappa shape index (κ2) is 8.03. The van der Waals surface area contributed by atoms with Gasteiger partial charge in [-0.15, -0.1) is 0 Å². The van der Waals surface area contributed by atoms with Gasteiger partial charge in [0.1, 0.15) is 11.6 Å². The quantitative estimate of drug-likeness (QED) is 0.751. The lowest BCUT2D eigenvalue weighted by atomic mass is 10.1. The van der Waals surface area contributed by atoms with Gasteiger partial charge in [0.05, 0.1) is 0 Å². The van der Waals surface area contributed by atoms with Crippen LogP contribution in [0.25, 0.3) is 0 Å². The van der Waals surface area contributed by atoms with E-state index in [1.165, 1.54) is 5.56 Å². The molecule has 6 nitrogen and oxygen atoms in total. The Balaban J connectivity index is 1.40. The first-order chi connectivity index (χ1) is 13.3. The zero-order valence-corrected chi connectivity index (χ0v) is 15.5. The highest BCUT2D eigenvalue weighted by Gasteiger charge is 2.20. The smallest absolute Gasteiger partial charge is 0.227 e. The molecular formula is C21H24N6. The number of benzene rings is 1. The standard InChI is InChI=1S/C21H24N6/c1-2-17-6-8-18(9-7-17)24-19-10-12-23-21(25-19)27-15-13-26(14-16-27)20-5-3-4-11-22-20/h3-12H,2,13-16H2,1H3,(H,23,24,25). The molecule has 0 saturated carbocycles. The van der Waals surface area contributed by atoms with Crippen molar-refractivity contribution in [3.63, 3.8) is 0 Å². The first-order valence-corrected chi connectivity index (χ1v) is 9.42. The summed E-state index contributed by atoms with van der Waals surface area (Å²) in [5.41, 5.74) is 2.37. The summed E-state index contributed by atoms with van der Waals surface area (Å²) in [4.78, 5) is 18.1. The van der Waals surface area contributed by atoms with Crippen molar-refractivity contribution >= 4 is 23.3 Å². The minimum Gasteiger partial charge on any atom is -0.353 e. The van der Waals surface area contributed by atoms with Gasteiger partial charge in [0.15, 0.2) is 0 Å². The van der Waals surface area contributed by atoms with Gasteiger partial charge in [0.25, 0.3) is 0 Å². The second-order valence-corrected chi connectivity index (χ2v) is 6.58. The van der Waals surface area contributed by atoms with Gasteiger partial charge in [0.2, 0.25) is 5.95 Å². The van der Waals surface area contributed by atoms with Crippen molar-refractivity contribution in [2.45, 2.75) is 13.3 Å². The molecule has 1 aliphatic rings. The highest BCUT2D eigenvalue weighted by Crippen LogP contribution is 2.19. The number of hydrogen-bond acceptors (Lipinski definition) is 6. The molecule has 27 heavy (non-hydrogen) atoms. The van der Waals surface area contributed by atoms with Crippen LogP contribution in [0.1, 0.15) is 12.5 Å². The van der Waals surface area contributed by atoms with E-state index < -0.39 is 0 Å². The molecule has 2 aromatic heterocycles. The van der Waals surface area contributed by atoms with Crippen molar-refractivity contribution in [2.75, 3.05) is 41.3 Å². The molecule has 138 valence electrons. The van der Waals surface area contributed by atoms with Gasteiger partial charge in [-0.1, -0.05) is 25.1 Å². The van der Waals surface area contributed by atoms with Crippen LogP contribution in [0.3, 0.4) is 0 Å². The maximum absolute atomic E-state index is 4.70. The van der Waals surface area contributed by atoms with Crippen LogP contribution in [0.15, 0.2) is 60.9 Å². The van der Waals surface area contributed by atoms with E-state index in [9.17, 15) is 0 Å². The minimum atomic E-state index is 0.769. The Labute approximate surface area is 159 Å². The molecule has 1 N–H and O–H groups in total. The van der Waals surface area contributed by atoms with Gasteiger partial charge in [0, 0.05) is 44.3 Å². The van der Waals surface area contributed by atoms with Gasteiger partial charge < -0.3 is 15.1 Å². The van der Waals surface area contributed by atoms with Crippen molar-refractivity contribution in [3.8, 4) is 0 Å². The molecule has 4 rings (SSSR count). The number of nitrogens with zero attached hydrogens (tertiary/aromatic N) is 5. The number of hydrogen-bond donors (Lipinski definition) is 1. The number of aryl methyl sites for hydroxylation is 1. The van der Waals surface area contributed by atoms with Crippen LogP contribution in [-0.4, -0.2) is 41.1 Å². The van der Waals surface area contributed by atoms with Crippen molar-refractivity contribution in [2.24, 2.45) is 0 Å². The van der Waals surface area contributed by atoms with E-state index in [2.05, 4.69) is 62.3 Å². The fraction of sp³-hybridized carbons (Fsp3) is 0.286. The monoisotopic (exact) mass is 360 g/mol. The van der Waals surface area contributed by atoms with E-state index in [0.717, 1.165) is 55.9 Å². The fourth-order valence-electron chi connectivity index (χ4n) is 3.22. The Morgan fingerprint density at radius 1 is 0.852 bits per heavy atom. The molecule has 0 amide bonds. The molecule has 3 heterocycles. The van der Waals surface area contributed by atoms with Crippen LogP contribution in [-0.2, 0) is 6.42 Å². The molecule has 6 heteroatoms. The lowest BCUT2D eigenvalue weighted by molar-refractivity contribution is 0.635. The topological polar surface area (TPSA) is 57.2 Å². The Morgan fingerprint density at radius 3 is 2.33 bits per heavy atom. The predicted molar refractivity (Wildman–Crippen MR) is 110 cm³/mol. The maximum atomic E-state index is 4.70. The van der Waals surface area contributed by atoms with Crippen LogP contribution in [0, 0.1) is 0 Å². The molecule has 0 aliphatic carbocycles. The number of aromatic nitrogens is 3. The van der Waals surface area contributed by atoms with E-state index in [4.69, 9.17) is 4.98 Å². The molecule has 1 aliphatic heterocycles. The van der Waals surface area contributed by atoms with Gasteiger partial charge in [-0.05, 0) is 42.3 Å². The molecule has 1 saturated heterocycles. The summed E-state index contributed by atoms with van der Waals surface area (Å²) in [5, 5.41) is 3.37. The van der Waals surface area contributed by atoms with Crippen LogP contribution >= 0.6 is 0 Å². The Hall–Kier alpha value is -3.15. The van der Waals surface area contributed by atoms with Crippen molar-refractivity contribution in [1.29, 1.82) is 0 Å². The normalized spacial score (nSPS) is 14.3. The molecule has 0 atom stereocenters. The molecule has 0 spiro atoms. The lowest BCUT2D eigenvalue weighted by Crippen LogP contribution is -2.47. The van der Waals surface area contributed by atoms with E-state index in [1.54, 1.807) is 0 Å². The third-order valence-corrected chi connectivity index (χ3v) is 4.81. The van der Waals surface area contributed by atoms with Crippen LogP contribution in [0.2, 0.25) is 0 Å². The van der Waals surface area contributed by atoms with Crippen molar-refractivity contribution in [3.05, 3.63) is 66.5 Å². The van der Waals surface area contributed by atoms with Crippen molar-refractivity contribution in [1.82, 2.24) is 15.0 Å². The largest absolute Gasteiger partial charge is 0.353 e. The van der Waals surface area contributed by atoms with E-state index in [-0.39, 0.29) is 0 Å². The number of rotatable bonds is 5. The highest BCUT2D eigenvalue weighted by atomic mass is 15.3. The van der Waals surface area contributed by atoms with Gasteiger partial charge in [-0.25, -0.2) is 9.97 Å². The fourth-order valence-corrected chi connectivity index (χ4v) is 3.22. The summed E-state index contributed by atoms with van der Waals surface area (Å²) in [7, 11) is 0. The summed E-state index contributed by atoms with van der Waals surface area (Å²) in [5.74, 6) is 2.62. The Kier molecular flexibility index (Phi) is 5.14. The minimum absolute atomic E-state index is 0.769.